The SMILES string of the molecule is CCN(CC)C(=O)c1sc(NC(=O)C2(F)C(F)(F)C(F)(F)C(F)(F)C(F)(F)C2(F)F)c(C#N)c1C. The van der Waals surface area contributed by atoms with E-state index in [1.54, 1.807) is 0 Å². The summed E-state index contributed by atoms with van der Waals surface area (Å²) >= 11 is 0.0435. The molecule has 0 atom stereocenters. The summed E-state index contributed by atoms with van der Waals surface area (Å²) in [7, 11) is 0. The number of rotatable bonds is 5. The van der Waals surface area contributed by atoms with Crippen molar-refractivity contribution in [1.82, 2.24) is 4.90 Å². The molecule has 17 heteroatoms. The highest BCUT2D eigenvalue weighted by Crippen LogP contribution is 2.69. The number of nitrogens with one attached hydrogen (secondary N) is 1. The molecular formula is C18H14F11N3O2S. The summed E-state index contributed by atoms with van der Waals surface area (Å²) in [6.07, 6.45) is 0. The summed E-state index contributed by atoms with van der Waals surface area (Å²) in [5.41, 5.74) is -7.99. The molecule has 0 aromatic carbocycles. The average Bonchev–Trinajstić information content (AvgIpc) is 3.06. The van der Waals surface area contributed by atoms with Gasteiger partial charge in [-0.3, -0.25) is 9.59 Å². The molecular weight excluding hydrogens is 531 g/mol. The van der Waals surface area contributed by atoms with Gasteiger partial charge < -0.3 is 10.2 Å². The zero-order chi connectivity index (χ0) is 27.6. The maximum Gasteiger partial charge on any atom is 0.384 e. The fraction of sp³-hybridized carbons (Fsp3) is 0.611. The van der Waals surface area contributed by atoms with Gasteiger partial charge >= 0.3 is 35.3 Å². The van der Waals surface area contributed by atoms with Crippen molar-refractivity contribution >= 4 is 28.2 Å². The second-order valence-electron chi connectivity index (χ2n) is 7.33. The molecule has 0 saturated heterocycles. The standard InChI is InChI=1S/C18H14F11N3O2S/c1-4-32(5-2)11(33)9-7(3)8(6-30)10(35-9)31-12(34)13(19)14(20,21)16(24,25)18(28,29)17(26,27)15(13,22)23/h4-5H2,1-3H3,(H,31,34). The van der Waals surface area contributed by atoms with Gasteiger partial charge in [0.25, 0.3) is 11.8 Å². The lowest BCUT2D eigenvalue weighted by atomic mass is 9.71. The van der Waals surface area contributed by atoms with Crippen LogP contribution in [0.4, 0.5) is 53.3 Å². The Kier molecular flexibility index (Phi) is 6.70. The molecule has 1 aliphatic rings. The molecule has 0 unspecified atom stereocenters. The van der Waals surface area contributed by atoms with Gasteiger partial charge in [0.2, 0.25) is 0 Å². The Morgan fingerprint density at radius 3 is 1.63 bits per heavy atom. The molecule has 1 aromatic heterocycles. The molecule has 5 nitrogen and oxygen atoms in total. The molecule has 196 valence electrons. The second-order valence-corrected chi connectivity index (χ2v) is 8.35. The minimum absolute atomic E-state index is 0.0435. The highest BCUT2D eigenvalue weighted by atomic mass is 32.1. The molecule has 0 spiro atoms. The van der Waals surface area contributed by atoms with E-state index in [1.165, 1.54) is 19.9 Å². The molecule has 1 fully saturated rings. The molecule has 0 bridgehead atoms. The Bertz CT molecular complexity index is 1060. The van der Waals surface area contributed by atoms with Crippen molar-refractivity contribution in [3.8, 4) is 6.07 Å². The first-order chi connectivity index (χ1) is 15.7. The van der Waals surface area contributed by atoms with E-state index in [0.717, 1.165) is 17.1 Å². The van der Waals surface area contributed by atoms with Crippen LogP contribution in [0.1, 0.15) is 34.6 Å². The maximum atomic E-state index is 14.9. The van der Waals surface area contributed by atoms with Crippen LogP contribution in [0.3, 0.4) is 0 Å². The van der Waals surface area contributed by atoms with Gasteiger partial charge in [-0.2, -0.15) is 49.2 Å². The van der Waals surface area contributed by atoms with Crippen LogP contribution in [0.25, 0.3) is 0 Å². The first-order valence-corrected chi connectivity index (χ1v) is 10.2. The van der Waals surface area contributed by atoms with Crippen LogP contribution in [0.15, 0.2) is 0 Å². The fourth-order valence-corrected chi connectivity index (χ4v) is 4.41. The van der Waals surface area contributed by atoms with Crippen LogP contribution >= 0.6 is 11.3 Å². The lowest BCUT2D eigenvalue weighted by Gasteiger charge is -2.51. The van der Waals surface area contributed by atoms with E-state index in [9.17, 15) is 63.1 Å². The van der Waals surface area contributed by atoms with Crippen LogP contribution in [0, 0.1) is 18.3 Å². The van der Waals surface area contributed by atoms with Crippen LogP contribution < -0.4 is 5.32 Å². The number of nitrogens with zero attached hydrogens (tertiary/aromatic N) is 2. The van der Waals surface area contributed by atoms with Crippen molar-refractivity contribution in [2.45, 2.75) is 56.1 Å². The normalized spacial score (nSPS) is 22.7. The zero-order valence-corrected chi connectivity index (χ0v) is 18.5. The van der Waals surface area contributed by atoms with Gasteiger partial charge in [0.05, 0.1) is 10.4 Å². The molecule has 0 aliphatic heterocycles. The van der Waals surface area contributed by atoms with Crippen molar-refractivity contribution in [3.63, 3.8) is 0 Å². The Balaban J connectivity index is 2.69. The largest absolute Gasteiger partial charge is 0.384 e. The minimum Gasteiger partial charge on any atom is -0.338 e. The third kappa shape index (κ3) is 3.24. The summed E-state index contributed by atoms with van der Waals surface area (Å²) in [5, 5.41) is 9.03. The number of hydrogen-bond donors (Lipinski definition) is 1. The highest BCUT2D eigenvalue weighted by molar-refractivity contribution is 7.18. The van der Waals surface area contributed by atoms with E-state index in [0.29, 0.717) is 0 Å². The van der Waals surface area contributed by atoms with Crippen LogP contribution in [-0.2, 0) is 4.79 Å². The third-order valence-corrected chi connectivity index (χ3v) is 6.68. The van der Waals surface area contributed by atoms with Crippen molar-refractivity contribution in [1.29, 1.82) is 5.26 Å². The number of carbonyl (C=O) groups excluding carboxylic acids is 2. The number of thiophene rings is 1. The Labute approximate surface area is 193 Å². The topological polar surface area (TPSA) is 73.2 Å². The summed E-state index contributed by atoms with van der Waals surface area (Å²) in [6, 6.07) is 1.33. The summed E-state index contributed by atoms with van der Waals surface area (Å²) < 4.78 is 153. The number of halogens is 11. The van der Waals surface area contributed by atoms with Gasteiger partial charge in [0, 0.05) is 13.1 Å². The van der Waals surface area contributed by atoms with Crippen molar-refractivity contribution in [3.05, 3.63) is 16.0 Å². The number of anilines is 1. The van der Waals surface area contributed by atoms with Crippen LogP contribution in [-0.4, -0.2) is 65.1 Å². The number of nitriles is 1. The molecule has 35 heavy (non-hydrogen) atoms. The summed E-state index contributed by atoms with van der Waals surface area (Å²) in [4.78, 5) is 25.4. The van der Waals surface area contributed by atoms with E-state index in [2.05, 4.69) is 0 Å². The lowest BCUT2D eigenvalue weighted by Crippen LogP contribution is -2.86. The lowest BCUT2D eigenvalue weighted by molar-refractivity contribution is -0.475. The van der Waals surface area contributed by atoms with Crippen LogP contribution in [0.5, 0.6) is 0 Å². The number of carbonyl (C=O) groups is 2. The summed E-state index contributed by atoms with van der Waals surface area (Å²) in [6.45, 7) is 4.31. The first kappa shape index (κ1) is 28.6. The average molecular weight is 545 g/mol. The van der Waals surface area contributed by atoms with Gasteiger partial charge in [0.1, 0.15) is 11.1 Å². The number of hydrogen-bond acceptors (Lipinski definition) is 4. The molecule has 2 rings (SSSR count). The van der Waals surface area contributed by atoms with Gasteiger partial charge in [-0.1, -0.05) is 0 Å². The molecule has 0 radical (unpaired) electrons. The van der Waals surface area contributed by atoms with E-state index in [4.69, 9.17) is 0 Å². The second kappa shape index (κ2) is 8.20. The number of amides is 2. The molecule has 1 N–H and O–H groups in total. The highest BCUT2D eigenvalue weighted by Gasteiger charge is 3.02. The smallest absolute Gasteiger partial charge is 0.338 e. The zero-order valence-electron chi connectivity index (χ0n) is 17.7. The van der Waals surface area contributed by atoms with Gasteiger partial charge in [-0.15, -0.1) is 11.3 Å². The Hall–Kier alpha value is -2.64. The third-order valence-electron chi connectivity index (χ3n) is 5.49. The molecule has 1 aliphatic carbocycles. The van der Waals surface area contributed by atoms with Crippen LogP contribution in [0.2, 0.25) is 0 Å². The molecule has 2 amide bonds. The van der Waals surface area contributed by atoms with Crippen molar-refractivity contribution in [2.75, 3.05) is 18.4 Å². The minimum atomic E-state index is -7.47. The molecule has 1 heterocycles. The monoisotopic (exact) mass is 545 g/mol. The van der Waals surface area contributed by atoms with E-state index >= 15 is 0 Å². The maximum absolute atomic E-state index is 14.9. The predicted molar refractivity (Wildman–Crippen MR) is 98.2 cm³/mol. The van der Waals surface area contributed by atoms with E-state index in [-0.39, 0.29) is 30.0 Å². The first-order valence-electron chi connectivity index (χ1n) is 9.39. The Morgan fingerprint density at radius 1 is 0.857 bits per heavy atom. The van der Waals surface area contributed by atoms with Gasteiger partial charge in [-0.05, 0) is 26.3 Å². The van der Waals surface area contributed by atoms with E-state index in [1.807, 2.05) is 0 Å². The quantitative estimate of drug-likeness (QED) is 0.514. The predicted octanol–water partition coefficient (Wildman–Crippen LogP) is 5.25. The molecule has 1 aromatic rings. The van der Waals surface area contributed by atoms with Crippen molar-refractivity contribution < 1.29 is 57.9 Å². The summed E-state index contributed by atoms with van der Waals surface area (Å²) in [5.74, 6) is -41.5. The van der Waals surface area contributed by atoms with Gasteiger partial charge in [0.15, 0.2) is 0 Å². The van der Waals surface area contributed by atoms with E-state index < -0.39 is 62.5 Å². The van der Waals surface area contributed by atoms with Crippen molar-refractivity contribution in [2.24, 2.45) is 0 Å². The Morgan fingerprint density at radius 2 is 1.26 bits per heavy atom. The van der Waals surface area contributed by atoms with Gasteiger partial charge in [-0.25, -0.2) is 4.39 Å². The fourth-order valence-electron chi connectivity index (χ4n) is 3.29. The number of alkyl halides is 11. The molecule has 1 saturated carbocycles.